The van der Waals surface area contributed by atoms with Crippen molar-refractivity contribution in [1.29, 1.82) is 0 Å². The van der Waals surface area contributed by atoms with Crippen LogP contribution in [-0.4, -0.2) is 46.2 Å². The normalized spacial score (nSPS) is 10.0. The van der Waals surface area contributed by atoms with E-state index >= 15 is 0 Å². The van der Waals surface area contributed by atoms with Gasteiger partial charge in [-0.25, -0.2) is 0 Å². The number of rotatable bonds is 9. The fourth-order valence-corrected chi connectivity index (χ4v) is 2.46. The molecule has 2 amide bonds. The van der Waals surface area contributed by atoms with Gasteiger partial charge in [0.15, 0.2) is 11.5 Å². The van der Waals surface area contributed by atoms with Crippen LogP contribution >= 0.6 is 0 Å². The molecule has 7 heteroatoms. The van der Waals surface area contributed by atoms with E-state index in [1.807, 2.05) is 6.07 Å². The molecule has 0 fully saturated rings. The van der Waals surface area contributed by atoms with Crippen LogP contribution < -0.4 is 24.8 Å². The molecule has 2 N–H and O–H groups in total. The second-order valence-corrected chi connectivity index (χ2v) is 5.70. The minimum Gasteiger partial charge on any atom is -0.497 e. The number of ether oxygens (including phenoxy) is 3. The number of amides is 2. The smallest absolute Gasteiger partial charge is 0.251 e. The van der Waals surface area contributed by atoms with E-state index < -0.39 is 0 Å². The summed E-state index contributed by atoms with van der Waals surface area (Å²) in [6.07, 6.45) is 0.215. The number of hydrogen-bond acceptors (Lipinski definition) is 5. The van der Waals surface area contributed by atoms with Gasteiger partial charge in [0.05, 0.1) is 27.8 Å². The van der Waals surface area contributed by atoms with Gasteiger partial charge < -0.3 is 24.8 Å². The van der Waals surface area contributed by atoms with E-state index in [9.17, 15) is 9.59 Å². The molecule has 0 aromatic heterocycles. The van der Waals surface area contributed by atoms with E-state index in [0.29, 0.717) is 35.9 Å². The zero-order chi connectivity index (χ0) is 19.6. The minimum atomic E-state index is -0.202. The fraction of sp³-hybridized carbons (Fsp3) is 0.300. The van der Waals surface area contributed by atoms with Crippen molar-refractivity contribution in [3.8, 4) is 17.2 Å². The Hall–Kier alpha value is -3.22. The summed E-state index contributed by atoms with van der Waals surface area (Å²) in [4.78, 5) is 24.1. The molecule has 0 radical (unpaired) electrons. The van der Waals surface area contributed by atoms with E-state index in [1.54, 1.807) is 57.7 Å². The molecule has 0 aliphatic rings. The van der Waals surface area contributed by atoms with Crippen molar-refractivity contribution in [2.24, 2.45) is 0 Å². The average molecular weight is 372 g/mol. The van der Waals surface area contributed by atoms with Gasteiger partial charge in [0.2, 0.25) is 5.91 Å². The molecule has 7 nitrogen and oxygen atoms in total. The quantitative estimate of drug-likeness (QED) is 0.656. The van der Waals surface area contributed by atoms with Gasteiger partial charge in [-0.3, -0.25) is 9.59 Å². The maximum atomic E-state index is 12.0. The van der Waals surface area contributed by atoms with Gasteiger partial charge >= 0.3 is 0 Å². The van der Waals surface area contributed by atoms with Crippen molar-refractivity contribution >= 4 is 11.8 Å². The van der Waals surface area contributed by atoms with Crippen LogP contribution in [0.1, 0.15) is 15.9 Å². The highest BCUT2D eigenvalue weighted by Gasteiger charge is 2.09. The van der Waals surface area contributed by atoms with Crippen molar-refractivity contribution in [3.63, 3.8) is 0 Å². The Kier molecular flexibility index (Phi) is 7.49. The Morgan fingerprint density at radius 2 is 1.48 bits per heavy atom. The Balaban J connectivity index is 1.75. The van der Waals surface area contributed by atoms with Crippen LogP contribution in [0.2, 0.25) is 0 Å². The van der Waals surface area contributed by atoms with Gasteiger partial charge in [0.1, 0.15) is 5.75 Å². The Morgan fingerprint density at radius 1 is 0.815 bits per heavy atom. The number of carbonyl (C=O) groups is 2. The van der Waals surface area contributed by atoms with Crippen LogP contribution in [0.25, 0.3) is 0 Å². The second kappa shape index (κ2) is 10.1. The highest BCUT2D eigenvalue weighted by molar-refractivity contribution is 5.94. The molecule has 0 atom stereocenters. The first-order valence-electron chi connectivity index (χ1n) is 8.47. The number of hydrogen-bond donors (Lipinski definition) is 2. The van der Waals surface area contributed by atoms with Gasteiger partial charge in [-0.15, -0.1) is 0 Å². The Bertz CT molecular complexity index is 774. The van der Waals surface area contributed by atoms with E-state index in [4.69, 9.17) is 14.2 Å². The van der Waals surface area contributed by atoms with E-state index in [-0.39, 0.29) is 18.2 Å². The van der Waals surface area contributed by atoms with Crippen LogP contribution in [-0.2, 0) is 11.2 Å². The second-order valence-electron chi connectivity index (χ2n) is 5.70. The predicted octanol–water partition coefficient (Wildman–Crippen LogP) is 1.80. The molecule has 0 unspecified atom stereocenters. The van der Waals surface area contributed by atoms with Crippen LogP contribution in [0.5, 0.6) is 17.2 Å². The lowest BCUT2D eigenvalue weighted by Gasteiger charge is -2.10. The maximum absolute atomic E-state index is 12.0. The Labute approximate surface area is 158 Å². The van der Waals surface area contributed by atoms with Gasteiger partial charge in [-0.1, -0.05) is 6.07 Å². The van der Waals surface area contributed by atoms with Gasteiger partial charge in [0.25, 0.3) is 5.91 Å². The first kappa shape index (κ1) is 20.1. The third-order valence-electron chi connectivity index (χ3n) is 3.90. The molecule has 0 saturated carbocycles. The Morgan fingerprint density at radius 3 is 2.11 bits per heavy atom. The number of methoxy groups -OCH3 is 3. The lowest BCUT2D eigenvalue weighted by Crippen LogP contribution is -2.35. The molecule has 27 heavy (non-hydrogen) atoms. The largest absolute Gasteiger partial charge is 0.497 e. The molecule has 0 spiro atoms. The van der Waals surface area contributed by atoms with Crippen LogP contribution in [0.4, 0.5) is 0 Å². The van der Waals surface area contributed by atoms with Gasteiger partial charge in [-0.2, -0.15) is 0 Å². The molecular formula is C20H24N2O5. The minimum absolute atomic E-state index is 0.138. The van der Waals surface area contributed by atoms with E-state index in [1.165, 1.54) is 0 Å². The van der Waals surface area contributed by atoms with E-state index in [2.05, 4.69) is 10.6 Å². The highest BCUT2D eigenvalue weighted by Crippen LogP contribution is 2.27. The van der Waals surface area contributed by atoms with Crippen LogP contribution in [0, 0.1) is 0 Å². The highest BCUT2D eigenvalue weighted by atomic mass is 16.5. The average Bonchev–Trinajstić information content (AvgIpc) is 2.71. The SMILES string of the molecule is COc1ccc(C(=O)NCCNC(=O)Cc2ccc(OC)c(OC)c2)cc1. The summed E-state index contributed by atoms with van der Waals surface area (Å²) in [5.74, 6) is 1.54. The number of carbonyl (C=O) groups excluding carboxylic acids is 2. The molecule has 0 aliphatic heterocycles. The summed E-state index contributed by atoms with van der Waals surface area (Å²) in [6, 6.07) is 12.2. The number of benzene rings is 2. The molecular weight excluding hydrogens is 348 g/mol. The standard InChI is InChI=1S/C20H24N2O5/c1-25-16-7-5-15(6-8-16)20(24)22-11-10-21-19(23)13-14-4-9-17(26-2)18(12-14)27-3/h4-9,12H,10-11,13H2,1-3H3,(H,21,23)(H,22,24). The first-order chi connectivity index (χ1) is 13.1. The molecule has 0 heterocycles. The van der Waals surface area contributed by atoms with Crippen LogP contribution in [0.15, 0.2) is 42.5 Å². The summed E-state index contributed by atoms with van der Waals surface area (Å²) in [5.41, 5.74) is 1.35. The predicted molar refractivity (Wildman–Crippen MR) is 102 cm³/mol. The zero-order valence-electron chi connectivity index (χ0n) is 15.7. The van der Waals surface area contributed by atoms with E-state index in [0.717, 1.165) is 5.56 Å². The topological polar surface area (TPSA) is 85.9 Å². The van der Waals surface area contributed by atoms with Crippen molar-refractivity contribution in [3.05, 3.63) is 53.6 Å². The third kappa shape index (κ3) is 5.91. The fourth-order valence-electron chi connectivity index (χ4n) is 2.46. The summed E-state index contributed by atoms with van der Waals surface area (Å²) < 4.78 is 15.5. The van der Waals surface area contributed by atoms with Crippen molar-refractivity contribution in [2.75, 3.05) is 34.4 Å². The van der Waals surface area contributed by atoms with Crippen molar-refractivity contribution in [2.45, 2.75) is 6.42 Å². The lowest BCUT2D eigenvalue weighted by atomic mass is 10.1. The summed E-state index contributed by atoms with van der Waals surface area (Å²) in [5, 5.41) is 5.53. The molecule has 2 aromatic rings. The monoisotopic (exact) mass is 372 g/mol. The van der Waals surface area contributed by atoms with Crippen molar-refractivity contribution < 1.29 is 23.8 Å². The lowest BCUT2D eigenvalue weighted by molar-refractivity contribution is -0.120. The molecule has 2 aromatic carbocycles. The van der Waals surface area contributed by atoms with Crippen LogP contribution in [0.3, 0.4) is 0 Å². The van der Waals surface area contributed by atoms with Gasteiger partial charge in [-0.05, 0) is 42.0 Å². The number of nitrogens with one attached hydrogen (secondary N) is 2. The summed E-state index contributed by atoms with van der Waals surface area (Å²) in [7, 11) is 4.68. The molecule has 2 rings (SSSR count). The zero-order valence-corrected chi connectivity index (χ0v) is 15.7. The maximum Gasteiger partial charge on any atom is 0.251 e. The van der Waals surface area contributed by atoms with Crippen molar-refractivity contribution in [1.82, 2.24) is 10.6 Å². The molecule has 144 valence electrons. The third-order valence-corrected chi connectivity index (χ3v) is 3.90. The molecule has 0 bridgehead atoms. The molecule has 0 saturated heterocycles. The van der Waals surface area contributed by atoms with Gasteiger partial charge in [0, 0.05) is 18.7 Å². The first-order valence-corrected chi connectivity index (χ1v) is 8.47. The summed E-state index contributed by atoms with van der Waals surface area (Å²) in [6.45, 7) is 0.677. The summed E-state index contributed by atoms with van der Waals surface area (Å²) >= 11 is 0. The molecule has 0 aliphatic carbocycles.